The van der Waals surface area contributed by atoms with Crippen LogP contribution in [0.15, 0.2) is 24.3 Å². The first kappa shape index (κ1) is 15.1. The maximum atomic E-state index is 11.8. The Morgan fingerprint density at radius 2 is 2.16 bits per heavy atom. The van der Waals surface area contributed by atoms with Crippen molar-refractivity contribution in [3.8, 4) is 0 Å². The van der Waals surface area contributed by atoms with Crippen LogP contribution in [0.3, 0.4) is 0 Å². The van der Waals surface area contributed by atoms with E-state index in [4.69, 9.17) is 0 Å². The third-order valence-corrected chi connectivity index (χ3v) is 2.56. The fourth-order valence-electron chi connectivity index (χ4n) is 1.70. The van der Waals surface area contributed by atoms with Gasteiger partial charge < -0.3 is 10.4 Å². The van der Waals surface area contributed by atoms with E-state index < -0.39 is 16.9 Å². The molecule has 2 N–H and O–H groups in total. The first-order chi connectivity index (χ1) is 8.90. The van der Waals surface area contributed by atoms with Gasteiger partial charge in [-0.25, -0.2) is 0 Å². The molecule has 1 aromatic carbocycles. The highest BCUT2D eigenvalue weighted by Crippen LogP contribution is 2.13. The molecule has 0 bridgehead atoms. The Kier molecular flexibility index (Phi) is 5.44. The van der Waals surface area contributed by atoms with Gasteiger partial charge in [-0.15, -0.1) is 0 Å². The van der Waals surface area contributed by atoms with E-state index in [0.29, 0.717) is 12.3 Å². The molecule has 6 heteroatoms. The van der Waals surface area contributed by atoms with Crippen LogP contribution in [-0.4, -0.2) is 28.6 Å². The highest BCUT2D eigenvalue weighted by atomic mass is 16.6. The van der Waals surface area contributed by atoms with Crippen molar-refractivity contribution >= 4 is 11.6 Å². The number of nitrogens with one attached hydrogen (secondary N) is 1. The van der Waals surface area contributed by atoms with Crippen molar-refractivity contribution in [2.75, 3.05) is 6.54 Å². The fraction of sp³-hybridized carbons (Fsp3) is 0.462. The maximum Gasteiger partial charge on any atom is 0.270 e. The molecule has 1 unspecified atom stereocenters. The van der Waals surface area contributed by atoms with E-state index in [1.54, 1.807) is 0 Å². The van der Waals surface area contributed by atoms with Crippen LogP contribution in [-0.2, 0) is 0 Å². The van der Waals surface area contributed by atoms with Crippen LogP contribution in [0.2, 0.25) is 0 Å². The van der Waals surface area contributed by atoms with E-state index in [1.165, 1.54) is 24.3 Å². The van der Waals surface area contributed by atoms with Crippen molar-refractivity contribution in [3.63, 3.8) is 0 Å². The number of nitro groups is 1. The van der Waals surface area contributed by atoms with Gasteiger partial charge in [-0.2, -0.15) is 0 Å². The molecule has 1 rings (SSSR count). The lowest BCUT2D eigenvalue weighted by molar-refractivity contribution is -0.384. The number of aliphatic hydroxyl groups is 1. The Hall–Kier alpha value is -1.95. The molecule has 1 amide bonds. The molecule has 0 fully saturated rings. The molecular formula is C13H18N2O4. The van der Waals surface area contributed by atoms with E-state index in [0.717, 1.165) is 0 Å². The number of hydrogen-bond acceptors (Lipinski definition) is 4. The zero-order chi connectivity index (χ0) is 14.4. The Bertz CT molecular complexity index is 460. The first-order valence-corrected chi connectivity index (χ1v) is 6.11. The highest BCUT2D eigenvalue weighted by molar-refractivity contribution is 5.94. The van der Waals surface area contributed by atoms with Crippen LogP contribution in [0, 0.1) is 16.0 Å². The van der Waals surface area contributed by atoms with Crippen molar-refractivity contribution in [1.29, 1.82) is 0 Å². The summed E-state index contributed by atoms with van der Waals surface area (Å²) in [6, 6.07) is 5.49. The van der Waals surface area contributed by atoms with Gasteiger partial charge in [0.25, 0.3) is 11.6 Å². The van der Waals surface area contributed by atoms with Gasteiger partial charge in [0, 0.05) is 24.2 Å². The van der Waals surface area contributed by atoms with E-state index in [9.17, 15) is 20.0 Å². The van der Waals surface area contributed by atoms with Crippen LogP contribution in [0.25, 0.3) is 0 Å². The second-order valence-electron chi connectivity index (χ2n) is 4.80. The topological polar surface area (TPSA) is 92.5 Å². The third-order valence-electron chi connectivity index (χ3n) is 2.56. The molecule has 104 valence electrons. The number of nitro benzene ring substituents is 1. The lowest BCUT2D eigenvalue weighted by atomic mass is 10.1. The Balaban J connectivity index is 2.58. The predicted molar refractivity (Wildman–Crippen MR) is 70.9 cm³/mol. The molecule has 6 nitrogen and oxygen atoms in total. The van der Waals surface area contributed by atoms with Crippen LogP contribution in [0.1, 0.15) is 30.6 Å². The van der Waals surface area contributed by atoms with Crippen molar-refractivity contribution in [3.05, 3.63) is 39.9 Å². The number of nitrogens with zero attached hydrogens (tertiary/aromatic N) is 1. The zero-order valence-electron chi connectivity index (χ0n) is 11.0. The summed E-state index contributed by atoms with van der Waals surface area (Å²) in [5.74, 6) is -0.0868. The smallest absolute Gasteiger partial charge is 0.270 e. The molecule has 0 radical (unpaired) electrons. The third kappa shape index (κ3) is 5.05. The summed E-state index contributed by atoms with van der Waals surface area (Å²) < 4.78 is 0. The summed E-state index contributed by atoms with van der Waals surface area (Å²) in [5, 5.41) is 22.8. The molecule has 1 atom stereocenters. The van der Waals surface area contributed by atoms with Crippen LogP contribution >= 0.6 is 0 Å². The van der Waals surface area contributed by atoms with E-state index >= 15 is 0 Å². The lowest BCUT2D eigenvalue weighted by Gasteiger charge is -2.13. The summed E-state index contributed by atoms with van der Waals surface area (Å²) in [4.78, 5) is 21.8. The number of rotatable bonds is 6. The number of carbonyl (C=O) groups is 1. The average molecular weight is 266 g/mol. The number of amides is 1. The van der Waals surface area contributed by atoms with Crippen molar-refractivity contribution in [1.82, 2.24) is 5.32 Å². The standard InChI is InChI=1S/C13H18N2O4/c1-9(2)6-12(16)8-14-13(17)10-4-3-5-11(7-10)15(18)19/h3-5,7,9,12,16H,6,8H2,1-2H3,(H,14,17). The van der Waals surface area contributed by atoms with Crippen molar-refractivity contribution < 1.29 is 14.8 Å². The number of benzene rings is 1. The summed E-state index contributed by atoms with van der Waals surface area (Å²) in [7, 11) is 0. The quantitative estimate of drug-likeness (QED) is 0.605. The Labute approximate surface area is 111 Å². The molecular weight excluding hydrogens is 248 g/mol. The number of aliphatic hydroxyl groups excluding tert-OH is 1. The first-order valence-electron chi connectivity index (χ1n) is 6.11. The second kappa shape index (κ2) is 6.84. The molecule has 19 heavy (non-hydrogen) atoms. The van der Waals surface area contributed by atoms with Gasteiger partial charge in [0.1, 0.15) is 0 Å². The molecule has 0 spiro atoms. The predicted octanol–water partition coefficient (Wildman–Crippen LogP) is 1.73. The summed E-state index contributed by atoms with van der Waals surface area (Å²) >= 11 is 0. The highest BCUT2D eigenvalue weighted by Gasteiger charge is 2.13. The van der Waals surface area contributed by atoms with Crippen molar-refractivity contribution in [2.24, 2.45) is 5.92 Å². The van der Waals surface area contributed by atoms with E-state index in [1.807, 2.05) is 13.8 Å². The van der Waals surface area contributed by atoms with Gasteiger partial charge in [-0.05, 0) is 18.4 Å². The molecule has 0 aliphatic rings. The molecule has 0 aliphatic carbocycles. The van der Waals surface area contributed by atoms with Gasteiger partial charge in [0.2, 0.25) is 0 Å². The van der Waals surface area contributed by atoms with Gasteiger partial charge in [-0.1, -0.05) is 19.9 Å². The normalized spacial score (nSPS) is 12.2. The van der Waals surface area contributed by atoms with Gasteiger partial charge >= 0.3 is 0 Å². The van der Waals surface area contributed by atoms with Crippen LogP contribution < -0.4 is 5.32 Å². The monoisotopic (exact) mass is 266 g/mol. The molecule has 0 heterocycles. The number of hydrogen-bond donors (Lipinski definition) is 2. The maximum absolute atomic E-state index is 11.8. The summed E-state index contributed by atoms with van der Waals surface area (Å²) in [6.07, 6.45) is -0.0162. The van der Waals surface area contributed by atoms with E-state index in [-0.39, 0.29) is 17.8 Å². The summed E-state index contributed by atoms with van der Waals surface area (Å²) in [6.45, 7) is 4.09. The van der Waals surface area contributed by atoms with Crippen LogP contribution in [0.5, 0.6) is 0 Å². The van der Waals surface area contributed by atoms with E-state index in [2.05, 4.69) is 5.32 Å². The molecule has 1 aromatic rings. The SMILES string of the molecule is CC(C)CC(O)CNC(=O)c1cccc([N+](=O)[O-])c1. The minimum atomic E-state index is -0.609. The average Bonchev–Trinajstić information content (AvgIpc) is 2.35. The second-order valence-corrected chi connectivity index (χ2v) is 4.80. The minimum absolute atomic E-state index is 0.129. The number of carbonyl (C=O) groups excluding carboxylic acids is 1. The minimum Gasteiger partial charge on any atom is -0.391 e. The number of non-ortho nitro benzene ring substituents is 1. The molecule has 0 aliphatic heterocycles. The van der Waals surface area contributed by atoms with Gasteiger partial charge in [0.05, 0.1) is 11.0 Å². The fourth-order valence-corrected chi connectivity index (χ4v) is 1.70. The Morgan fingerprint density at radius 1 is 1.47 bits per heavy atom. The molecule has 0 saturated heterocycles. The lowest BCUT2D eigenvalue weighted by Crippen LogP contribution is -2.32. The van der Waals surface area contributed by atoms with Crippen molar-refractivity contribution in [2.45, 2.75) is 26.4 Å². The van der Waals surface area contributed by atoms with Crippen LogP contribution in [0.4, 0.5) is 5.69 Å². The van der Waals surface area contributed by atoms with Gasteiger partial charge in [-0.3, -0.25) is 14.9 Å². The largest absolute Gasteiger partial charge is 0.391 e. The Morgan fingerprint density at radius 3 is 2.74 bits per heavy atom. The zero-order valence-corrected chi connectivity index (χ0v) is 11.0. The van der Waals surface area contributed by atoms with Gasteiger partial charge in [0.15, 0.2) is 0 Å². The molecule has 0 saturated carbocycles. The molecule has 0 aromatic heterocycles. The summed E-state index contributed by atoms with van der Waals surface area (Å²) in [5.41, 5.74) is 0.0846.